The topological polar surface area (TPSA) is 50.4 Å². The molecule has 4 nitrogen and oxygen atoms in total. The molecule has 1 amide bonds. The van der Waals surface area contributed by atoms with Crippen LogP contribution in [0.4, 0.5) is 0 Å². The van der Waals surface area contributed by atoms with Gasteiger partial charge >= 0.3 is 0 Å². The fourth-order valence-electron chi connectivity index (χ4n) is 3.85. The Morgan fingerprint density at radius 1 is 1.25 bits per heavy atom. The third-order valence-corrected chi connectivity index (χ3v) is 5.26. The van der Waals surface area contributed by atoms with Gasteiger partial charge in [-0.3, -0.25) is 4.79 Å². The summed E-state index contributed by atoms with van der Waals surface area (Å²) in [7, 11) is 0. The standard InChI is InChI=1S/C19H28N2O2.ClH/c1-14(15-7-10-20-11-8-15)13-18(22)21-17-9-12-23-19(17)16-5-3-2-4-6-16;/h2-6,14-15,17,19-20H,7-13H2,1H3,(H,21,22);1H. The van der Waals surface area contributed by atoms with Crippen molar-refractivity contribution < 1.29 is 9.53 Å². The summed E-state index contributed by atoms with van der Waals surface area (Å²) < 4.78 is 5.85. The zero-order valence-electron chi connectivity index (χ0n) is 14.4. The maximum atomic E-state index is 12.4. The molecule has 0 saturated carbocycles. The van der Waals surface area contributed by atoms with Crippen molar-refractivity contribution in [1.82, 2.24) is 10.6 Å². The Hall–Kier alpha value is -1.10. The molecule has 24 heavy (non-hydrogen) atoms. The molecule has 134 valence electrons. The summed E-state index contributed by atoms with van der Waals surface area (Å²) >= 11 is 0. The largest absolute Gasteiger partial charge is 0.371 e. The van der Waals surface area contributed by atoms with E-state index in [-0.39, 0.29) is 30.5 Å². The minimum Gasteiger partial charge on any atom is -0.371 e. The van der Waals surface area contributed by atoms with E-state index in [4.69, 9.17) is 4.74 Å². The van der Waals surface area contributed by atoms with Crippen molar-refractivity contribution in [2.75, 3.05) is 19.7 Å². The van der Waals surface area contributed by atoms with Crippen molar-refractivity contribution in [2.24, 2.45) is 11.8 Å². The van der Waals surface area contributed by atoms with Gasteiger partial charge in [0.05, 0.1) is 6.04 Å². The zero-order valence-corrected chi connectivity index (χ0v) is 15.2. The van der Waals surface area contributed by atoms with Crippen LogP contribution >= 0.6 is 12.4 Å². The highest BCUT2D eigenvalue weighted by molar-refractivity contribution is 5.85. The molecule has 0 radical (unpaired) electrons. The molecular formula is C19H29ClN2O2. The van der Waals surface area contributed by atoms with Gasteiger partial charge in [0.2, 0.25) is 5.91 Å². The summed E-state index contributed by atoms with van der Waals surface area (Å²) in [6.07, 6.45) is 3.89. The van der Waals surface area contributed by atoms with E-state index in [9.17, 15) is 4.79 Å². The normalized spacial score (nSPS) is 25.7. The van der Waals surface area contributed by atoms with Crippen LogP contribution in [-0.2, 0) is 9.53 Å². The number of rotatable bonds is 5. The number of hydrogen-bond acceptors (Lipinski definition) is 3. The van der Waals surface area contributed by atoms with Crippen molar-refractivity contribution in [3.8, 4) is 0 Å². The lowest BCUT2D eigenvalue weighted by molar-refractivity contribution is -0.123. The molecule has 0 spiro atoms. The first-order chi connectivity index (χ1) is 11.2. The predicted molar refractivity (Wildman–Crippen MR) is 98.3 cm³/mol. The highest BCUT2D eigenvalue weighted by Gasteiger charge is 2.31. The lowest BCUT2D eigenvalue weighted by atomic mass is 9.84. The first-order valence-corrected chi connectivity index (χ1v) is 8.90. The average Bonchev–Trinajstić information content (AvgIpc) is 3.04. The Morgan fingerprint density at radius 2 is 1.96 bits per heavy atom. The van der Waals surface area contributed by atoms with Crippen LogP contribution in [0.25, 0.3) is 0 Å². The number of piperidine rings is 1. The van der Waals surface area contributed by atoms with E-state index in [2.05, 4.69) is 29.7 Å². The number of benzene rings is 1. The fraction of sp³-hybridized carbons (Fsp3) is 0.632. The van der Waals surface area contributed by atoms with E-state index >= 15 is 0 Å². The molecular weight excluding hydrogens is 324 g/mol. The van der Waals surface area contributed by atoms with Gasteiger partial charge in [0.15, 0.2) is 0 Å². The monoisotopic (exact) mass is 352 g/mol. The molecule has 2 aliphatic rings. The Morgan fingerprint density at radius 3 is 2.67 bits per heavy atom. The Bertz CT molecular complexity index is 505. The van der Waals surface area contributed by atoms with E-state index < -0.39 is 0 Å². The van der Waals surface area contributed by atoms with Gasteiger partial charge in [-0.05, 0) is 49.8 Å². The number of amides is 1. The van der Waals surface area contributed by atoms with Crippen molar-refractivity contribution in [1.29, 1.82) is 0 Å². The Kier molecular flexibility index (Phi) is 7.53. The third kappa shape index (κ3) is 4.95. The molecule has 2 fully saturated rings. The van der Waals surface area contributed by atoms with Gasteiger partial charge in [0, 0.05) is 13.0 Å². The van der Waals surface area contributed by atoms with Gasteiger partial charge in [-0.2, -0.15) is 0 Å². The second-order valence-electron chi connectivity index (χ2n) is 6.93. The first kappa shape index (κ1) is 19.2. The maximum Gasteiger partial charge on any atom is 0.220 e. The van der Waals surface area contributed by atoms with E-state index in [1.165, 1.54) is 12.8 Å². The molecule has 1 aromatic rings. The number of nitrogens with one attached hydrogen (secondary N) is 2. The molecule has 5 heteroatoms. The number of carbonyl (C=O) groups is 1. The van der Waals surface area contributed by atoms with Crippen LogP contribution in [-0.4, -0.2) is 31.6 Å². The van der Waals surface area contributed by atoms with Gasteiger partial charge < -0.3 is 15.4 Å². The van der Waals surface area contributed by atoms with Gasteiger partial charge in [-0.1, -0.05) is 37.3 Å². The molecule has 3 atom stereocenters. The summed E-state index contributed by atoms with van der Waals surface area (Å²) in [4.78, 5) is 12.4. The third-order valence-electron chi connectivity index (χ3n) is 5.26. The van der Waals surface area contributed by atoms with Gasteiger partial charge in [-0.15, -0.1) is 12.4 Å². The van der Waals surface area contributed by atoms with Crippen LogP contribution in [0.3, 0.4) is 0 Å². The lowest BCUT2D eigenvalue weighted by Gasteiger charge is -2.28. The van der Waals surface area contributed by atoms with Crippen LogP contribution in [0.5, 0.6) is 0 Å². The first-order valence-electron chi connectivity index (χ1n) is 8.90. The fourth-order valence-corrected chi connectivity index (χ4v) is 3.85. The summed E-state index contributed by atoms with van der Waals surface area (Å²) in [5.41, 5.74) is 1.15. The summed E-state index contributed by atoms with van der Waals surface area (Å²) in [6.45, 7) is 5.11. The second kappa shape index (κ2) is 9.40. The van der Waals surface area contributed by atoms with Gasteiger partial charge in [-0.25, -0.2) is 0 Å². The number of hydrogen-bond donors (Lipinski definition) is 2. The van der Waals surface area contributed by atoms with Crippen LogP contribution in [0, 0.1) is 11.8 Å². The number of halogens is 1. The molecule has 0 aromatic heterocycles. The smallest absolute Gasteiger partial charge is 0.220 e. The minimum atomic E-state index is -0.00524. The summed E-state index contributed by atoms with van der Waals surface area (Å²) in [6, 6.07) is 10.3. The highest BCUT2D eigenvalue weighted by Crippen LogP contribution is 2.30. The lowest BCUT2D eigenvalue weighted by Crippen LogP contribution is -2.39. The quantitative estimate of drug-likeness (QED) is 0.856. The van der Waals surface area contributed by atoms with Crippen molar-refractivity contribution >= 4 is 18.3 Å². The molecule has 2 heterocycles. The molecule has 3 unspecified atom stereocenters. The van der Waals surface area contributed by atoms with Crippen LogP contribution in [0.2, 0.25) is 0 Å². The molecule has 2 aliphatic heterocycles. The predicted octanol–water partition coefficient (Wildman–Crippen LogP) is 3.08. The summed E-state index contributed by atoms with van der Waals surface area (Å²) in [5.74, 6) is 1.30. The molecule has 2 N–H and O–H groups in total. The summed E-state index contributed by atoms with van der Waals surface area (Å²) in [5, 5.41) is 6.61. The SMILES string of the molecule is CC(CC(=O)NC1CCOC1c1ccccc1)C1CCNCC1.Cl. The molecule has 1 aromatic carbocycles. The van der Waals surface area contributed by atoms with Gasteiger partial charge in [0.1, 0.15) is 6.10 Å². The van der Waals surface area contributed by atoms with Crippen molar-refractivity contribution in [3.63, 3.8) is 0 Å². The number of ether oxygens (including phenoxy) is 1. The number of carbonyl (C=O) groups excluding carboxylic acids is 1. The van der Waals surface area contributed by atoms with Crippen LogP contribution in [0.1, 0.15) is 44.3 Å². The Balaban J connectivity index is 0.00000208. The molecule has 0 aliphatic carbocycles. The van der Waals surface area contributed by atoms with Gasteiger partial charge in [0.25, 0.3) is 0 Å². The van der Waals surface area contributed by atoms with Crippen LogP contribution < -0.4 is 10.6 Å². The van der Waals surface area contributed by atoms with Crippen molar-refractivity contribution in [2.45, 2.75) is 44.8 Å². The van der Waals surface area contributed by atoms with Crippen LogP contribution in [0.15, 0.2) is 30.3 Å². The Labute approximate surface area is 151 Å². The van der Waals surface area contributed by atoms with E-state index in [0.29, 0.717) is 24.9 Å². The highest BCUT2D eigenvalue weighted by atomic mass is 35.5. The minimum absolute atomic E-state index is 0. The second-order valence-corrected chi connectivity index (χ2v) is 6.93. The van der Waals surface area contributed by atoms with Crippen molar-refractivity contribution in [3.05, 3.63) is 35.9 Å². The average molecular weight is 353 g/mol. The molecule has 2 saturated heterocycles. The van der Waals surface area contributed by atoms with E-state index in [1.54, 1.807) is 0 Å². The molecule has 0 bridgehead atoms. The van der Waals surface area contributed by atoms with E-state index in [1.807, 2.05) is 18.2 Å². The maximum absolute atomic E-state index is 12.4. The van der Waals surface area contributed by atoms with E-state index in [0.717, 1.165) is 25.1 Å². The zero-order chi connectivity index (χ0) is 16.1. The molecule has 3 rings (SSSR count).